The molecule has 0 unspecified atom stereocenters. The van der Waals surface area contributed by atoms with Crippen LogP contribution < -0.4 is 0 Å². The molecule has 0 aliphatic carbocycles. The Morgan fingerprint density at radius 2 is 1.72 bits per heavy atom. The molecule has 18 heavy (non-hydrogen) atoms. The molecule has 0 aliphatic rings. The normalized spacial score (nSPS) is 11.5. The molecule has 0 N–H and O–H groups in total. The second kappa shape index (κ2) is 6.04. The summed E-state index contributed by atoms with van der Waals surface area (Å²) in [6.07, 6.45) is 1.33. The highest BCUT2D eigenvalue weighted by molar-refractivity contribution is 7.90. The minimum Gasteiger partial charge on any atom is -0.299 e. The molecule has 0 aliphatic heterocycles. The van der Waals surface area contributed by atoms with E-state index in [4.69, 9.17) is 0 Å². The standard InChI is InChI=1S/C12H14F2O3S/c1-18(16,17)4-2-3-12(15)7-9-5-10(13)8-11(14)6-9/h5-6,8H,2-4,7H2,1H3. The van der Waals surface area contributed by atoms with E-state index in [9.17, 15) is 22.0 Å². The maximum absolute atomic E-state index is 12.9. The molecule has 1 aromatic carbocycles. The van der Waals surface area contributed by atoms with E-state index < -0.39 is 21.5 Å². The molecule has 0 aromatic heterocycles. The molecule has 100 valence electrons. The van der Waals surface area contributed by atoms with Gasteiger partial charge in [0.15, 0.2) is 0 Å². The zero-order chi connectivity index (χ0) is 13.8. The first-order valence-electron chi connectivity index (χ1n) is 5.41. The van der Waals surface area contributed by atoms with Crippen LogP contribution in [0.15, 0.2) is 18.2 Å². The lowest BCUT2D eigenvalue weighted by atomic mass is 10.1. The van der Waals surface area contributed by atoms with E-state index in [0.717, 1.165) is 24.5 Å². The summed E-state index contributed by atoms with van der Waals surface area (Å²) in [5, 5.41) is 0. The largest absolute Gasteiger partial charge is 0.299 e. The van der Waals surface area contributed by atoms with E-state index in [2.05, 4.69) is 0 Å². The number of hydrogen-bond donors (Lipinski definition) is 0. The summed E-state index contributed by atoms with van der Waals surface area (Å²) in [6, 6.07) is 2.92. The smallest absolute Gasteiger partial charge is 0.147 e. The van der Waals surface area contributed by atoms with Crippen molar-refractivity contribution in [2.45, 2.75) is 19.3 Å². The summed E-state index contributed by atoms with van der Waals surface area (Å²) < 4.78 is 47.4. The lowest BCUT2D eigenvalue weighted by Crippen LogP contribution is -2.08. The summed E-state index contributed by atoms with van der Waals surface area (Å²) in [6.45, 7) is 0. The average molecular weight is 276 g/mol. The van der Waals surface area contributed by atoms with Gasteiger partial charge in [0.25, 0.3) is 0 Å². The molecular weight excluding hydrogens is 262 g/mol. The van der Waals surface area contributed by atoms with Crippen LogP contribution in [0.5, 0.6) is 0 Å². The zero-order valence-corrected chi connectivity index (χ0v) is 10.8. The summed E-state index contributed by atoms with van der Waals surface area (Å²) in [7, 11) is -3.08. The first-order valence-corrected chi connectivity index (χ1v) is 7.47. The molecular formula is C12H14F2O3S. The Morgan fingerprint density at radius 3 is 2.22 bits per heavy atom. The van der Waals surface area contributed by atoms with Gasteiger partial charge in [0.05, 0.1) is 5.75 Å². The number of benzene rings is 1. The molecule has 0 saturated heterocycles. The fraction of sp³-hybridized carbons (Fsp3) is 0.417. The summed E-state index contributed by atoms with van der Waals surface area (Å²) in [4.78, 5) is 11.5. The average Bonchev–Trinajstić information content (AvgIpc) is 2.12. The quantitative estimate of drug-likeness (QED) is 0.797. The third kappa shape index (κ3) is 5.86. The Morgan fingerprint density at radius 1 is 1.17 bits per heavy atom. The van der Waals surface area contributed by atoms with Crippen LogP contribution in [-0.4, -0.2) is 26.2 Å². The second-order valence-corrected chi connectivity index (χ2v) is 6.49. The van der Waals surface area contributed by atoms with Gasteiger partial charge in [-0.15, -0.1) is 0 Å². The minimum atomic E-state index is -3.08. The third-order valence-electron chi connectivity index (χ3n) is 2.29. The highest BCUT2D eigenvalue weighted by Crippen LogP contribution is 2.10. The third-order valence-corrected chi connectivity index (χ3v) is 3.32. The van der Waals surface area contributed by atoms with E-state index in [1.54, 1.807) is 0 Å². The molecule has 0 bridgehead atoms. The zero-order valence-electron chi connectivity index (χ0n) is 9.95. The van der Waals surface area contributed by atoms with Gasteiger partial charge in [0, 0.05) is 25.2 Å². The first-order chi connectivity index (χ1) is 8.26. The fourth-order valence-electron chi connectivity index (χ4n) is 1.56. The second-order valence-electron chi connectivity index (χ2n) is 4.23. The highest BCUT2D eigenvalue weighted by Gasteiger charge is 2.09. The predicted molar refractivity (Wildman–Crippen MR) is 64.0 cm³/mol. The van der Waals surface area contributed by atoms with Crippen molar-refractivity contribution >= 4 is 15.6 Å². The van der Waals surface area contributed by atoms with Gasteiger partial charge in [-0.3, -0.25) is 4.79 Å². The van der Waals surface area contributed by atoms with Gasteiger partial charge in [-0.05, 0) is 24.1 Å². The number of carbonyl (C=O) groups is 1. The summed E-state index contributed by atoms with van der Waals surface area (Å²) >= 11 is 0. The Kier molecular flexibility index (Phi) is 4.95. The topological polar surface area (TPSA) is 51.2 Å². The molecule has 1 rings (SSSR count). The summed E-state index contributed by atoms with van der Waals surface area (Å²) in [5.74, 6) is -1.75. The van der Waals surface area contributed by atoms with Gasteiger partial charge in [0.1, 0.15) is 27.3 Å². The van der Waals surface area contributed by atoms with Crippen molar-refractivity contribution in [3.63, 3.8) is 0 Å². The number of hydrogen-bond acceptors (Lipinski definition) is 3. The minimum absolute atomic E-state index is 0.0593. The van der Waals surface area contributed by atoms with Crippen LogP contribution in [0, 0.1) is 11.6 Å². The van der Waals surface area contributed by atoms with Gasteiger partial charge in [-0.2, -0.15) is 0 Å². The number of halogens is 2. The Bertz CT molecular complexity index is 518. The molecule has 6 heteroatoms. The van der Waals surface area contributed by atoms with E-state index in [-0.39, 0.29) is 36.4 Å². The molecule has 3 nitrogen and oxygen atoms in total. The lowest BCUT2D eigenvalue weighted by molar-refractivity contribution is -0.118. The Labute approximate surface area is 105 Å². The van der Waals surface area contributed by atoms with Gasteiger partial charge in [-0.1, -0.05) is 0 Å². The molecule has 0 atom stereocenters. The molecule has 0 heterocycles. The van der Waals surface area contributed by atoms with Crippen LogP contribution in [0.3, 0.4) is 0 Å². The van der Waals surface area contributed by atoms with Crippen molar-refractivity contribution in [1.29, 1.82) is 0 Å². The van der Waals surface area contributed by atoms with E-state index in [1.165, 1.54) is 0 Å². The monoisotopic (exact) mass is 276 g/mol. The van der Waals surface area contributed by atoms with Crippen molar-refractivity contribution in [2.24, 2.45) is 0 Å². The van der Waals surface area contributed by atoms with Crippen LogP contribution >= 0.6 is 0 Å². The Balaban J connectivity index is 2.49. The van der Waals surface area contributed by atoms with Crippen molar-refractivity contribution in [3.8, 4) is 0 Å². The number of rotatable bonds is 6. The Hall–Kier alpha value is -1.30. The van der Waals surface area contributed by atoms with Gasteiger partial charge in [0.2, 0.25) is 0 Å². The van der Waals surface area contributed by atoms with Crippen molar-refractivity contribution in [2.75, 3.05) is 12.0 Å². The van der Waals surface area contributed by atoms with Gasteiger partial charge >= 0.3 is 0 Å². The molecule has 0 fully saturated rings. The van der Waals surface area contributed by atoms with Gasteiger partial charge < -0.3 is 0 Å². The van der Waals surface area contributed by atoms with Crippen molar-refractivity contribution < 1.29 is 22.0 Å². The fourth-order valence-corrected chi connectivity index (χ4v) is 2.23. The summed E-state index contributed by atoms with van der Waals surface area (Å²) in [5.41, 5.74) is 0.261. The van der Waals surface area contributed by atoms with Crippen LogP contribution in [0.1, 0.15) is 18.4 Å². The van der Waals surface area contributed by atoms with Crippen LogP contribution in [-0.2, 0) is 21.1 Å². The SMILES string of the molecule is CS(=O)(=O)CCCC(=O)Cc1cc(F)cc(F)c1. The van der Waals surface area contributed by atoms with E-state index in [1.807, 2.05) is 0 Å². The molecule has 0 radical (unpaired) electrons. The number of Topliss-reactive ketones (excluding diaryl/α,β-unsaturated/α-hetero) is 1. The number of ketones is 1. The number of carbonyl (C=O) groups excluding carboxylic acids is 1. The van der Waals surface area contributed by atoms with E-state index in [0.29, 0.717) is 0 Å². The molecule has 0 amide bonds. The van der Waals surface area contributed by atoms with Crippen molar-refractivity contribution in [1.82, 2.24) is 0 Å². The van der Waals surface area contributed by atoms with Crippen molar-refractivity contribution in [3.05, 3.63) is 35.4 Å². The lowest BCUT2D eigenvalue weighted by Gasteiger charge is -2.02. The first kappa shape index (κ1) is 14.8. The predicted octanol–water partition coefficient (Wildman–Crippen LogP) is 1.90. The number of sulfone groups is 1. The van der Waals surface area contributed by atoms with Crippen LogP contribution in [0.4, 0.5) is 8.78 Å². The molecule has 0 spiro atoms. The van der Waals surface area contributed by atoms with Crippen LogP contribution in [0.25, 0.3) is 0 Å². The molecule has 0 saturated carbocycles. The van der Waals surface area contributed by atoms with Crippen LogP contribution in [0.2, 0.25) is 0 Å². The highest BCUT2D eigenvalue weighted by atomic mass is 32.2. The maximum atomic E-state index is 12.9. The van der Waals surface area contributed by atoms with E-state index >= 15 is 0 Å². The van der Waals surface area contributed by atoms with Gasteiger partial charge in [-0.25, -0.2) is 17.2 Å². The molecule has 1 aromatic rings. The maximum Gasteiger partial charge on any atom is 0.147 e.